The summed E-state index contributed by atoms with van der Waals surface area (Å²) in [6.45, 7) is 0. The van der Waals surface area contributed by atoms with Crippen LogP contribution in [0.5, 0.6) is 0 Å². The zero-order chi connectivity index (χ0) is 13.1. The summed E-state index contributed by atoms with van der Waals surface area (Å²) < 4.78 is 3.43. The highest BCUT2D eigenvalue weighted by Gasteiger charge is 2.07. The van der Waals surface area contributed by atoms with Crippen LogP contribution in [0.1, 0.15) is 0 Å². The van der Waals surface area contributed by atoms with Gasteiger partial charge in [-0.25, -0.2) is 0 Å². The van der Waals surface area contributed by atoms with E-state index in [1.54, 1.807) is 16.4 Å². The fourth-order valence-corrected chi connectivity index (χ4v) is 1.91. The number of rotatable bonds is 2. The molecule has 0 radical (unpaired) electrons. The third-order valence-corrected chi connectivity index (χ3v) is 2.80. The van der Waals surface area contributed by atoms with Gasteiger partial charge in [0.15, 0.2) is 0 Å². The van der Waals surface area contributed by atoms with Gasteiger partial charge in [0.2, 0.25) is 0 Å². The molecule has 0 aliphatic rings. The van der Waals surface area contributed by atoms with Gasteiger partial charge >= 0.3 is 0 Å². The van der Waals surface area contributed by atoms with Crippen molar-refractivity contribution in [2.45, 2.75) is 0 Å². The normalized spacial score (nSPS) is 10.4. The van der Waals surface area contributed by atoms with Gasteiger partial charge in [0.1, 0.15) is 0 Å². The van der Waals surface area contributed by atoms with Crippen molar-refractivity contribution in [1.29, 1.82) is 0 Å². The van der Waals surface area contributed by atoms with Gasteiger partial charge < -0.3 is 0 Å². The van der Waals surface area contributed by atoms with Crippen LogP contribution < -0.4 is 5.62 Å². The van der Waals surface area contributed by atoms with Crippen molar-refractivity contribution in [3.05, 3.63) is 66.3 Å². The van der Waals surface area contributed by atoms with Crippen molar-refractivity contribution >= 4 is 0 Å². The van der Waals surface area contributed by atoms with E-state index in [4.69, 9.17) is 0 Å². The summed E-state index contributed by atoms with van der Waals surface area (Å²) in [7, 11) is 1.73. The molecule has 3 rings (SSSR count). The number of nitrogens with zero attached hydrogens (tertiary/aromatic N) is 5. The summed E-state index contributed by atoms with van der Waals surface area (Å²) in [6.07, 6.45) is 0. The van der Waals surface area contributed by atoms with Gasteiger partial charge in [-0.1, -0.05) is 36.4 Å². The van der Waals surface area contributed by atoms with E-state index in [1.165, 1.54) is 0 Å². The molecule has 2 aromatic carbocycles. The SMILES string of the molecule is CN=c1n(-c2ccccc2)nnn1-c1ccccc1. The molecule has 5 heteroatoms. The third-order valence-electron chi connectivity index (χ3n) is 2.80. The molecular weight excluding hydrogens is 238 g/mol. The van der Waals surface area contributed by atoms with Crippen LogP contribution in [0.25, 0.3) is 11.4 Å². The lowest BCUT2D eigenvalue weighted by molar-refractivity contribution is 0.756. The van der Waals surface area contributed by atoms with Crippen LogP contribution in [0.15, 0.2) is 65.7 Å². The maximum Gasteiger partial charge on any atom is 0.250 e. The maximum atomic E-state index is 4.28. The minimum atomic E-state index is 0.678. The number of para-hydroxylation sites is 2. The molecule has 0 aliphatic heterocycles. The first kappa shape index (κ1) is 11.4. The highest BCUT2D eigenvalue weighted by molar-refractivity contribution is 5.32. The molecule has 0 unspecified atom stereocenters. The van der Waals surface area contributed by atoms with Crippen LogP contribution in [0, 0.1) is 0 Å². The second-order valence-corrected chi connectivity index (χ2v) is 4.00. The van der Waals surface area contributed by atoms with E-state index < -0.39 is 0 Å². The molecule has 0 saturated heterocycles. The quantitative estimate of drug-likeness (QED) is 0.694. The Morgan fingerprint density at radius 3 is 1.53 bits per heavy atom. The lowest BCUT2D eigenvalue weighted by Crippen LogP contribution is -2.24. The van der Waals surface area contributed by atoms with Gasteiger partial charge in [0, 0.05) is 7.05 Å². The van der Waals surface area contributed by atoms with Crippen molar-refractivity contribution in [1.82, 2.24) is 19.8 Å². The largest absolute Gasteiger partial charge is 0.253 e. The van der Waals surface area contributed by atoms with E-state index in [-0.39, 0.29) is 0 Å². The van der Waals surface area contributed by atoms with E-state index >= 15 is 0 Å². The fraction of sp³-hybridized carbons (Fsp3) is 0.0714. The number of hydrogen-bond acceptors (Lipinski definition) is 3. The minimum absolute atomic E-state index is 0.678. The Kier molecular flexibility index (Phi) is 2.94. The lowest BCUT2D eigenvalue weighted by Gasteiger charge is -2.00. The molecule has 0 atom stereocenters. The average molecular weight is 251 g/mol. The molecule has 94 valence electrons. The third kappa shape index (κ3) is 2.06. The zero-order valence-corrected chi connectivity index (χ0v) is 10.5. The van der Waals surface area contributed by atoms with E-state index in [0.717, 1.165) is 11.4 Å². The molecule has 1 aromatic heterocycles. The van der Waals surface area contributed by atoms with Gasteiger partial charge in [0.25, 0.3) is 5.62 Å². The lowest BCUT2D eigenvalue weighted by atomic mass is 10.3. The Hall–Kier alpha value is -2.69. The van der Waals surface area contributed by atoms with Gasteiger partial charge in [-0.15, -0.1) is 0 Å². The molecule has 3 aromatic rings. The topological polar surface area (TPSA) is 48.0 Å². The van der Waals surface area contributed by atoms with E-state index in [1.807, 2.05) is 60.7 Å². The summed E-state index contributed by atoms with van der Waals surface area (Å²) in [5.41, 5.74) is 2.55. The molecule has 19 heavy (non-hydrogen) atoms. The number of hydrogen-bond donors (Lipinski definition) is 0. The van der Waals surface area contributed by atoms with Crippen molar-refractivity contribution < 1.29 is 0 Å². The Labute approximate surface area is 110 Å². The van der Waals surface area contributed by atoms with Gasteiger partial charge in [0.05, 0.1) is 11.4 Å². The first-order valence-electron chi connectivity index (χ1n) is 5.99. The van der Waals surface area contributed by atoms with E-state index in [2.05, 4.69) is 15.4 Å². The predicted molar refractivity (Wildman–Crippen MR) is 72.2 cm³/mol. The van der Waals surface area contributed by atoms with Crippen molar-refractivity contribution in [2.75, 3.05) is 7.05 Å². The molecule has 0 spiro atoms. The van der Waals surface area contributed by atoms with Gasteiger partial charge in [-0.3, -0.25) is 4.99 Å². The Morgan fingerprint density at radius 1 is 0.737 bits per heavy atom. The molecular formula is C14H13N5. The maximum absolute atomic E-state index is 4.28. The molecule has 0 fully saturated rings. The Balaban J connectivity index is 2.19. The second kappa shape index (κ2) is 4.89. The summed E-state index contributed by atoms with van der Waals surface area (Å²) >= 11 is 0. The average Bonchev–Trinajstić information content (AvgIpc) is 2.93. The van der Waals surface area contributed by atoms with Crippen LogP contribution >= 0.6 is 0 Å². The summed E-state index contributed by atoms with van der Waals surface area (Å²) in [4.78, 5) is 4.28. The molecule has 1 heterocycles. The van der Waals surface area contributed by atoms with Crippen molar-refractivity contribution in [3.8, 4) is 11.4 Å². The highest BCUT2D eigenvalue weighted by atomic mass is 15.6. The number of tetrazole rings is 1. The first-order chi connectivity index (χ1) is 9.40. The smallest absolute Gasteiger partial charge is 0.250 e. The van der Waals surface area contributed by atoms with Gasteiger partial charge in [-0.2, -0.15) is 9.36 Å². The van der Waals surface area contributed by atoms with Crippen LogP contribution in [0.3, 0.4) is 0 Å². The molecule has 0 amide bonds. The monoisotopic (exact) mass is 251 g/mol. The van der Waals surface area contributed by atoms with Crippen molar-refractivity contribution in [3.63, 3.8) is 0 Å². The van der Waals surface area contributed by atoms with Crippen LogP contribution in [-0.2, 0) is 0 Å². The predicted octanol–water partition coefficient (Wildman–Crippen LogP) is 1.59. The molecule has 0 aliphatic carbocycles. The molecule has 0 saturated carbocycles. The summed E-state index contributed by atoms with van der Waals surface area (Å²) in [5.74, 6) is 0. The van der Waals surface area contributed by atoms with Crippen LogP contribution in [0.4, 0.5) is 0 Å². The first-order valence-corrected chi connectivity index (χ1v) is 5.99. The highest BCUT2D eigenvalue weighted by Crippen LogP contribution is 2.04. The van der Waals surface area contributed by atoms with Crippen LogP contribution in [0.2, 0.25) is 0 Å². The van der Waals surface area contributed by atoms with Crippen LogP contribution in [-0.4, -0.2) is 26.8 Å². The van der Waals surface area contributed by atoms with Gasteiger partial charge in [-0.05, 0) is 34.7 Å². The number of benzene rings is 2. The fourth-order valence-electron chi connectivity index (χ4n) is 1.91. The second-order valence-electron chi connectivity index (χ2n) is 4.00. The summed E-state index contributed by atoms with van der Waals surface area (Å²) in [5, 5.41) is 8.34. The van der Waals surface area contributed by atoms with E-state index in [0.29, 0.717) is 5.62 Å². The molecule has 0 N–H and O–H groups in total. The molecule has 5 nitrogen and oxygen atoms in total. The summed E-state index contributed by atoms with van der Waals surface area (Å²) in [6, 6.07) is 19.7. The standard InChI is InChI=1S/C14H13N5/c1-15-14-18(12-8-4-2-5-9-12)16-17-19(14)13-10-6-3-7-11-13/h2-11H,1H3. The minimum Gasteiger partial charge on any atom is -0.253 e. The Bertz CT molecular complexity index is 665. The van der Waals surface area contributed by atoms with Crippen molar-refractivity contribution in [2.24, 2.45) is 4.99 Å². The zero-order valence-electron chi connectivity index (χ0n) is 10.5. The molecule has 0 bridgehead atoms. The van der Waals surface area contributed by atoms with E-state index in [9.17, 15) is 0 Å². The number of aromatic nitrogens is 4. The Morgan fingerprint density at radius 2 is 1.16 bits per heavy atom.